The Morgan fingerprint density at radius 2 is 1.47 bits per heavy atom. The maximum absolute atomic E-state index is 13.4. The Labute approximate surface area is 224 Å². The molecule has 0 saturated carbocycles. The van der Waals surface area contributed by atoms with Gasteiger partial charge in [-0.2, -0.15) is 0 Å². The molecular weight excluding hydrogens is 515 g/mol. The molecule has 0 spiro atoms. The minimum absolute atomic E-state index is 0.219. The van der Waals surface area contributed by atoms with Crippen LogP contribution >= 0.6 is 7.82 Å². The number of carbonyl (C=O) groups excluding carboxylic acids is 2. The minimum Gasteiger partial charge on any atom is -0.497 e. The third kappa shape index (κ3) is 9.39. The Hall–Kier alpha value is -2.43. The average molecular weight is 557 g/mol. The summed E-state index contributed by atoms with van der Waals surface area (Å²) >= 11 is 0. The Morgan fingerprint density at radius 1 is 0.921 bits per heavy atom. The van der Waals surface area contributed by atoms with Gasteiger partial charge in [0.15, 0.2) is 0 Å². The highest BCUT2D eigenvalue weighted by Crippen LogP contribution is 2.50. The second-order valence-electron chi connectivity index (χ2n) is 11.1. The van der Waals surface area contributed by atoms with Gasteiger partial charge in [-0.25, -0.2) is 13.6 Å². The van der Waals surface area contributed by atoms with Crippen molar-refractivity contribution >= 4 is 30.7 Å². The van der Waals surface area contributed by atoms with Crippen LogP contribution < -0.4 is 4.74 Å². The van der Waals surface area contributed by atoms with E-state index >= 15 is 0 Å². The summed E-state index contributed by atoms with van der Waals surface area (Å²) in [6.45, 7) is 9.31. The Kier molecular flexibility index (Phi) is 10.9. The lowest BCUT2D eigenvalue weighted by atomic mass is 9.98. The van der Waals surface area contributed by atoms with Gasteiger partial charge in [0.05, 0.1) is 23.5 Å². The molecule has 1 aromatic heterocycles. The molecule has 214 valence electrons. The van der Waals surface area contributed by atoms with Crippen LogP contribution in [0.15, 0.2) is 24.4 Å². The number of nitrogens with zero attached hydrogens (tertiary/aromatic N) is 2. The van der Waals surface area contributed by atoms with Crippen molar-refractivity contribution in [3.63, 3.8) is 0 Å². The third-order valence-corrected chi connectivity index (χ3v) is 6.66. The van der Waals surface area contributed by atoms with Crippen LogP contribution in [-0.2, 0) is 50.4 Å². The number of esters is 2. The summed E-state index contributed by atoms with van der Waals surface area (Å²) in [7, 11) is 1.23. The number of rotatable bonds is 13. The molecular formula is C26H41N2O9P. The molecule has 38 heavy (non-hydrogen) atoms. The summed E-state index contributed by atoms with van der Waals surface area (Å²) in [5.74, 6) is -0.468. The zero-order valence-electron chi connectivity index (χ0n) is 23.9. The van der Waals surface area contributed by atoms with Crippen molar-refractivity contribution < 1.29 is 41.9 Å². The summed E-state index contributed by atoms with van der Waals surface area (Å²) in [5.41, 5.74) is 0.282. The zero-order chi connectivity index (χ0) is 28.7. The monoisotopic (exact) mass is 556 g/mol. The highest BCUT2D eigenvalue weighted by Gasteiger charge is 2.32. The number of ether oxygens (including phenoxy) is 3. The topological polar surface area (TPSA) is 115 Å². The van der Waals surface area contributed by atoms with E-state index in [9.17, 15) is 14.2 Å². The molecule has 2 rings (SSSR count). The Morgan fingerprint density at radius 3 is 1.95 bits per heavy atom. The maximum atomic E-state index is 13.4. The summed E-state index contributed by atoms with van der Waals surface area (Å²) in [6.07, 6.45) is 2.68. The van der Waals surface area contributed by atoms with Gasteiger partial charge < -0.3 is 23.7 Å². The lowest BCUT2D eigenvalue weighted by molar-refractivity contribution is -0.163. The second kappa shape index (κ2) is 13.1. The summed E-state index contributed by atoms with van der Waals surface area (Å²) in [6, 6.07) is 5.68. The number of hydrogen-bond acceptors (Lipinski definition) is 10. The van der Waals surface area contributed by atoms with Crippen LogP contribution in [0.3, 0.4) is 0 Å². The molecule has 0 saturated heterocycles. The van der Waals surface area contributed by atoms with E-state index in [-0.39, 0.29) is 6.73 Å². The van der Waals surface area contributed by atoms with Crippen LogP contribution in [-0.4, -0.2) is 62.7 Å². The van der Waals surface area contributed by atoms with Crippen LogP contribution in [0.5, 0.6) is 5.75 Å². The number of methoxy groups -OCH3 is 1. The minimum atomic E-state index is -4.34. The van der Waals surface area contributed by atoms with Gasteiger partial charge in [-0.3, -0.25) is 14.1 Å². The fraction of sp³-hybridized carbons (Fsp3) is 0.615. The highest BCUT2D eigenvalue weighted by atomic mass is 31.2. The van der Waals surface area contributed by atoms with Crippen molar-refractivity contribution in [2.75, 3.05) is 41.3 Å². The third-order valence-electron chi connectivity index (χ3n) is 5.38. The van der Waals surface area contributed by atoms with Crippen molar-refractivity contribution in [2.24, 2.45) is 10.8 Å². The number of fused-ring (bicyclic) bond motifs is 1. The summed E-state index contributed by atoms with van der Waals surface area (Å²) < 4.78 is 46.8. The number of carbonyl (C=O) groups is 2. The van der Waals surface area contributed by atoms with E-state index in [0.717, 1.165) is 29.4 Å². The van der Waals surface area contributed by atoms with E-state index in [1.54, 1.807) is 53.2 Å². The first-order valence-electron chi connectivity index (χ1n) is 12.2. The highest BCUT2D eigenvalue weighted by molar-refractivity contribution is 7.48. The molecule has 0 aliphatic carbocycles. The summed E-state index contributed by atoms with van der Waals surface area (Å²) in [5, 5.41) is 0.992. The van der Waals surface area contributed by atoms with E-state index in [1.165, 1.54) is 0 Å². The largest absolute Gasteiger partial charge is 0.497 e. The number of aromatic nitrogens is 1. The number of phosphoric acid groups is 1. The van der Waals surface area contributed by atoms with Gasteiger partial charge in [-0.1, -0.05) is 0 Å². The van der Waals surface area contributed by atoms with Crippen molar-refractivity contribution in [1.82, 2.24) is 9.47 Å². The number of benzene rings is 1. The van der Waals surface area contributed by atoms with Gasteiger partial charge in [-0.15, -0.1) is 0 Å². The molecule has 0 aliphatic rings. The smallest absolute Gasteiger partial charge is 0.482 e. The van der Waals surface area contributed by atoms with Crippen LogP contribution in [0.25, 0.3) is 10.9 Å². The molecule has 11 nitrogen and oxygen atoms in total. The fourth-order valence-corrected chi connectivity index (χ4v) is 3.94. The first kappa shape index (κ1) is 31.8. The molecule has 2 aromatic rings. The maximum Gasteiger partial charge on any atom is 0.482 e. The van der Waals surface area contributed by atoms with Crippen molar-refractivity contribution in [3.8, 4) is 5.75 Å². The first-order chi connectivity index (χ1) is 17.6. The molecule has 0 atom stereocenters. The quantitative estimate of drug-likeness (QED) is 0.190. The van der Waals surface area contributed by atoms with Crippen molar-refractivity contribution in [3.05, 3.63) is 30.0 Å². The normalized spacial score (nSPS) is 12.7. The molecule has 12 heteroatoms. The lowest BCUT2D eigenvalue weighted by Crippen LogP contribution is -2.25. The van der Waals surface area contributed by atoms with Gasteiger partial charge >= 0.3 is 19.8 Å². The SMILES string of the molecule is COc1ccc2c(CCN(C)C)cn(COP(=O)(OCOC(=O)C(C)(C)C)OCOC(=O)C(C)(C)C)c2c1. The van der Waals surface area contributed by atoms with Gasteiger partial charge in [0.2, 0.25) is 13.6 Å². The van der Waals surface area contributed by atoms with E-state index in [2.05, 4.69) is 4.90 Å². The van der Waals surface area contributed by atoms with Crippen LogP contribution in [0.1, 0.15) is 47.1 Å². The Balaban J connectivity index is 2.24. The lowest BCUT2D eigenvalue weighted by Gasteiger charge is -2.21. The standard InChI is InChI=1S/C26H41N2O9P/c1-25(2,3)23(29)33-17-36-38(31,37-18-34-24(30)26(4,5)6)35-16-28-15-19(12-13-27(7)8)21-11-10-20(32-9)14-22(21)28/h10-11,14-15H,12-13,16-18H2,1-9H3. The van der Waals surface area contributed by atoms with E-state index in [1.807, 2.05) is 38.5 Å². The van der Waals surface area contributed by atoms with E-state index in [4.69, 9.17) is 27.8 Å². The number of likely N-dealkylation sites (N-methyl/N-ethyl adjacent to an activating group) is 1. The molecule has 0 bridgehead atoms. The van der Waals surface area contributed by atoms with Crippen LogP contribution in [0.2, 0.25) is 0 Å². The molecule has 0 fully saturated rings. The second-order valence-corrected chi connectivity index (χ2v) is 12.8. The predicted molar refractivity (Wildman–Crippen MR) is 142 cm³/mol. The fourth-order valence-electron chi connectivity index (χ4n) is 3.09. The summed E-state index contributed by atoms with van der Waals surface area (Å²) in [4.78, 5) is 26.3. The number of hydrogen-bond donors (Lipinski definition) is 0. The van der Waals surface area contributed by atoms with Gasteiger partial charge in [0, 0.05) is 24.2 Å². The number of phosphoric ester groups is 1. The van der Waals surface area contributed by atoms with Crippen LogP contribution in [0.4, 0.5) is 0 Å². The molecule has 1 heterocycles. The molecule has 0 N–H and O–H groups in total. The van der Waals surface area contributed by atoms with E-state index in [0.29, 0.717) is 5.75 Å². The van der Waals surface area contributed by atoms with E-state index < -0.39 is 44.2 Å². The molecule has 0 unspecified atom stereocenters. The Bertz CT molecular complexity index is 1110. The first-order valence-corrected chi connectivity index (χ1v) is 13.7. The molecule has 0 radical (unpaired) electrons. The van der Waals surface area contributed by atoms with Crippen molar-refractivity contribution in [2.45, 2.75) is 54.7 Å². The zero-order valence-corrected chi connectivity index (χ0v) is 24.8. The molecule has 0 aliphatic heterocycles. The van der Waals surface area contributed by atoms with Crippen LogP contribution in [0, 0.1) is 10.8 Å². The van der Waals surface area contributed by atoms with Gasteiger partial charge in [0.1, 0.15) is 12.5 Å². The van der Waals surface area contributed by atoms with Crippen molar-refractivity contribution in [1.29, 1.82) is 0 Å². The van der Waals surface area contributed by atoms with Gasteiger partial charge in [-0.05, 0) is 79.8 Å². The predicted octanol–water partition coefficient (Wildman–Crippen LogP) is 4.96. The molecule has 0 amide bonds. The van der Waals surface area contributed by atoms with Gasteiger partial charge in [0.25, 0.3) is 0 Å². The molecule has 1 aromatic carbocycles. The average Bonchev–Trinajstić information content (AvgIpc) is 3.17.